The van der Waals surface area contributed by atoms with E-state index in [0.717, 1.165) is 20.8 Å². The summed E-state index contributed by atoms with van der Waals surface area (Å²) in [5.74, 6) is 0. The summed E-state index contributed by atoms with van der Waals surface area (Å²) in [6.07, 6.45) is 5.76. The first kappa shape index (κ1) is 9.06. The molecule has 3 aromatic rings. The topological polar surface area (TPSA) is 30.2 Å². The Balaban J connectivity index is 2.22. The first-order valence-electron chi connectivity index (χ1n) is 4.38. The van der Waals surface area contributed by atoms with E-state index >= 15 is 0 Å². The zero-order valence-corrected chi connectivity index (χ0v) is 9.99. The SMILES string of the molecule is Brc1ncccc1-c1cn2ccsc2n1. The van der Waals surface area contributed by atoms with Crippen molar-refractivity contribution in [2.24, 2.45) is 0 Å². The molecule has 15 heavy (non-hydrogen) atoms. The molecule has 0 bridgehead atoms. The number of imidazole rings is 1. The molecule has 0 amide bonds. The van der Waals surface area contributed by atoms with Gasteiger partial charge in [0.25, 0.3) is 0 Å². The van der Waals surface area contributed by atoms with Gasteiger partial charge >= 0.3 is 0 Å². The van der Waals surface area contributed by atoms with Crippen molar-refractivity contribution in [1.29, 1.82) is 0 Å². The maximum Gasteiger partial charge on any atom is 0.194 e. The molecule has 3 aromatic heterocycles. The standard InChI is InChI=1S/C10H6BrN3S/c11-9-7(2-1-3-12-9)8-6-14-4-5-15-10(14)13-8/h1-6H. The van der Waals surface area contributed by atoms with Crippen LogP contribution in [0.1, 0.15) is 0 Å². The maximum atomic E-state index is 4.52. The molecule has 0 saturated heterocycles. The summed E-state index contributed by atoms with van der Waals surface area (Å²) >= 11 is 5.05. The van der Waals surface area contributed by atoms with E-state index in [1.165, 1.54) is 0 Å². The monoisotopic (exact) mass is 279 g/mol. The van der Waals surface area contributed by atoms with Gasteiger partial charge in [0.05, 0.1) is 5.69 Å². The fraction of sp³-hybridized carbons (Fsp3) is 0. The summed E-state index contributed by atoms with van der Waals surface area (Å²) in [7, 11) is 0. The Kier molecular flexibility index (Phi) is 2.07. The van der Waals surface area contributed by atoms with Crippen molar-refractivity contribution >= 4 is 32.2 Å². The summed E-state index contributed by atoms with van der Waals surface area (Å²) in [5.41, 5.74) is 1.97. The molecule has 3 nitrogen and oxygen atoms in total. The molecule has 0 radical (unpaired) electrons. The van der Waals surface area contributed by atoms with Gasteiger partial charge in [0.1, 0.15) is 4.60 Å². The molecule has 0 aliphatic rings. The lowest BCUT2D eigenvalue weighted by atomic mass is 10.2. The second kappa shape index (κ2) is 3.43. The van der Waals surface area contributed by atoms with Crippen molar-refractivity contribution in [3.63, 3.8) is 0 Å². The number of aromatic nitrogens is 3. The van der Waals surface area contributed by atoms with Crippen LogP contribution in [0, 0.1) is 0 Å². The lowest BCUT2D eigenvalue weighted by Crippen LogP contribution is -1.82. The molecule has 3 rings (SSSR count). The van der Waals surface area contributed by atoms with Crippen molar-refractivity contribution < 1.29 is 0 Å². The zero-order valence-electron chi connectivity index (χ0n) is 7.59. The number of thiazole rings is 1. The molecule has 3 heterocycles. The van der Waals surface area contributed by atoms with Gasteiger partial charge in [0.15, 0.2) is 4.96 Å². The summed E-state index contributed by atoms with van der Waals surface area (Å²) in [6.45, 7) is 0. The van der Waals surface area contributed by atoms with Gasteiger partial charge in [0, 0.05) is 29.5 Å². The van der Waals surface area contributed by atoms with Crippen molar-refractivity contribution in [2.75, 3.05) is 0 Å². The first-order chi connectivity index (χ1) is 7.34. The summed E-state index contributed by atoms with van der Waals surface area (Å²) < 4.78 is 2.84. The van der Waals surface area contributed by atoms with E-state index in [2.05, 4.69) is 25.9 Å². The number of hydrogen-bond acceptors (Lipinski definition) is 3. The minimum absolute atomic E-state index is 0.829. The van der Waals surface area contributed by atoms with Gasteiger partial charge in [0.2, 0.25) is 0 Å². The van der Waals surface area contributed by atoms with E-state index in [-0.39, 0.29) is 0 Å². The highest BCUT2D eigenvalue weighted by molar-refractivity contribution is 9.10. The largest absolute Gasteiger partial charge is 0.297 e. The minimum atomic E-state index is 0.829. The van der Waals surface area contributed by atoms with Gasteiger partial charge in [-0.25, -0.2) is 9.97 Å². The van der Waals surface area contributed by atoms with Crippen molar-refractivity contribution in [3.8, 4) is 11.3 Å². The number of fused-ring (bicyclic) bond motifs is 1. The second-order valence-corrected chi connectivity index (χ2v) is 4.68. The molecular formula is C10H6BrN3S. The number of nitrogens with zero attached hydrogens (tertiary/aromatic N) is 3. The average Bonchev–Trinajstić information content (AvgIpc) is 2.77. The van der Waals surface area contributed by atoms with Crippen molar-refractivity contribution in [1.82, 2.24) is 14.4 Å². The van der Waals surface area contributed by atoms with Gasteiger partial charge in [-0.05, 0) is 28.1 Å². The quantitative estimate of drug-likeness (QED) is 0.641. The summed E-state index contributed by atoms with van der Waals surface area (Å²) in [5, 5.41) is 2.02. The van der Waals surface area contributed by atoms with Crippen LogP contribution in [0.3, 0.4) is 0 Å². The molecule has 0 unspecified atom stereocenters. The third kappa shape index (κ3) is 1.48. The predicted octanol–water partition coefficient (Wildman–Crippen LogP) is 3.22. The van der Waals surface area contributed by atoms with Crippen LogP contribution in [0.5, 0.6) is 0 Å². The van der Waals surface area contributed by atoms with E-state index in [1.54, 1.807) is 17.5 Å². The molecular weight excluding hydrogens is 274 g/mol. The molecule has 0 aromatic carbocycles. The summed E-state index contributed by atoms with van der Waals surface area (Å²) in [6, 6.07) is 3.91. The van der Waals surface area contributed by atoms with Crippen LogP contribution >= 0.6 is 27.3 Å². The van der Waals surface area contributed by atoms with Gasteiger partial charge in [-0.1, -0.05) is 0 Å². The average molecular weight is 280 g/mol. The molecule has 74 valence electrons. The van der Waals surface area contributed by atoms with E-state index in [1.807, 2.05) is 34.3 Å². The number of pyridine rings is 1. The van der Waals surface area contributed by atoms with Crippen LogP contribution in [0.15, 0.2) is 40.7 Å². The Morgan fingerprint density at radius 3 is 3.13 bits per heavy atom. The first-order valence-corrected chi connectivity index (χ1v) is 6.05. The third-order valence-electron chi connectivity index (χ3n) is 2.13. The van der Waals surface area contributed by atoms with Gasteiger partial charge < -0.3 is 0 Å². The van der Waals surface area contributed by atoms with Crippen molar-refractivity contribution in [2.45, 2.75) is 0 Å². The van der Waals surface area contributed by atoms with E-state index in [9.17, 15) is 0 Å². The third-order valence-corrected chi connectivity index (χ3v) is 3.53. The van der Waals surface area contributed by atoms with Crippen molar-refractivity contribution in [3.05, 3.63) is 40.7 Å². The highest BCUT2D eigenvalue weighted by Gasteiger charge is 2.08. The number of rotatable bonds is 1. The molecule has 0 spiro atoms. The van der Waals surface area contributed by atoms with Crippen LogP contribution in [-0.4, -0.2) is 14.4 Å². The molecule has 0 aliphatic carbocycles. The van der Waals surface area contributed by atoms with E-state index in [4.69, 9.17) is 0 Å². The second-order valence-electron chi connectivity index (χ2n) is 3.06. The molecule has 0 saturated carbocycles. The fourth-order valence-electron chi connectivity index (χ4n) is 1.43. The van der Waals surface area contributed by atoms with Crippen LogP contribution in [0.25, 0.3) is 16.2 Å². The Labute approximate surface area is 98.6 Å². The molecule has 5 heteroatoms. The van der Waals surface area contributed by atoms with E-state index < -0.39 is 0 Å². The van der Waals surface area contributed by atoms with Crippen LogP contribution < -0.4 is 0 Å². The highest BCUT2D eigenvalue weighted by atomic mass is 79.9. The number of halogens is 1. The van der Waals surface area contributed by atoms with Crippen LogP contribution in [0.2, 0.25) is 0 Å². The maximum absolute atomic E-state index is 4.52. The highest BCUT2D eigenvalue weighted by Crippen LogP contribution is 2.26. The predicted molar refractivity (Wildman–Crippen MR) is 64.0 cm³/mol. The summed E-state index contributed by atoms with van der Waals surface area (Å²) in [4.78, 5) is 9.70. The zero-order chi connectivity index (χ0) is 10.3. The lowest BCUT2D eigenvalue weighted by molar-refractivity contribution is 1.23. The molecule has 0 N–H and O–H groups in total. The number of hydrogen-bond donors (Lipinski definition) is 0. The molecule has 0 aliphatic heterocycles. The molecule has 0 atom stereocenters. The van der Waals surface area contributed by atoms with E-state index in [0.29, 0.717) is 0 Å². The normalized spacial score (nSPS) is 11.0. The van der Waals surface area contributed by atoms with Gasteiger partial charge in [-0.15, -0.1) is 11.3 Å². The molecule has 0 fully saturated rings. The Morgan fingerprint density at radius 2 is 2.33 bits per heavy atom. The lowest BCUT2D eigenvalue weighted by Gasteiger charge is -1.97. The van der Waals surface area contributed by atoms with Crippen LogP contribution in [0.4, 0.5) is 0 Å². The van der Waals surface area contributed by atoms with Gasteiger partial charge in [-0.3, -0.25) is 4.40 Å². The Hall–Kier alpha value is -1.20. The Bertz CT molecular complexity index is 585. The smallest absolute Gasteiger partial charge is 0.194 e. The fourth-order valence-corrected chi connectivity index (χ4v) is 2.59. The Morgan fingerprint density at radius 1 is 1.40 bits per heavy atom. The van der Waals surface area contributed by atoms with Gasteiger partial charge in [-0.2, -0.15) is 0 Å². The van der Waals surface area contributed by atoms with Crippen LogP contribution in [-0.2, 0) is 0 Å². The minimum Gasteiger partial charge on any atom is -0.297 e.